The third-order valence-corrected chi connectivity index (χ3v) is 17.8. The summed E-state index contributed by atoms with van der Waals surface area (Å²) in [6.45, 7) is 28.5. The molecule has 0 radical (unpaired) electrons. The summed E-state index contributed by atoms with van der Waals surface area (Å²) in [5.41, 5.74) is 15.2. The van der Waals surface area contributed by atoms with Crippen LogP contribution in [0.15, 0.2) is 75.1 Å². The largest absolute Gasteiger partial charge is 1.00 e. The average molecular weight is 693 g/mol. The molecule has 5 rings (SSSR count). The van der Waals surface area contributed by atoms with Gasteiger partial charge in [-0.3, -0.25) is 0 Å². The summed E-state index contributed by atoms with van der Waals surface area (Å²) in [5, 5.41) is 0. The van der Waals surface area contributed by atoms with Gasteiger partial charge in [-0.05, 0) is 0 Å². The fourth-order valence-electron chi connectivity index (χ4n) is 6.91. The van der Waals surface area contributed by atoms with Crippen molar-refractivity contribution in [3.05, 3.63) is 108 Å². The molecule has 0 aromatic heterocycles. The van der Waals surface area contributed by atoms with Crippen LogP contribution in [0, 0.1) is 18.8 Å². The second kappa shape index (κ2) is 13.1. The number of aryl methyl sites for hydroxylation is 1. The van der Waals surface area contributed by atoms with Crippen LogP contribution >= 0.6 is 0 Å². The van der Waals surface area contributed by atoms with E-state index in [1.807, 2.05) is 0 Å². The smallest absolute Gasteiger partial charge is 1.00 e. The van der Waals surface area contributed by atoms with E-state index in [1.54, 1.807) is 26.5 Å². The van der Waals surface area contributed by atoms with E-state index < -0.39 is 21.3 Å². The molecule has 43 heavy (non-hydrogen) atoms. The number of halogens is 2. The Morgan fingerprint density at radius 3 is 1.91 bits per heavy atom. The Labute approximate surface area is 282 Å². The van der Waals surface area contributed by atoms with Crippen molar-refractivity contribution in [2.45, 2.75) is 100 Å². The van der Waals surface area contributed by atoms with Gasteiger partial charge in [-0.2, -0.15) is 0 Å². The first-order valence-corrected chi connectivity index (χ1v) is 19.3. The van der Waals surface area contributed by atoms with E-state index in [0.29, 0.717) is 11.8 Å². The molecule has 0 N–H and O–H groups in total. The molecule has 2 aliphatic carbocycles. The van der Waals surface area contributed by atoms with E-state index in [0.717, 1.165) is 6.42 Å². The van der Waals surface area contributed by atoms with E-state index in [2.05, 4.69) is 144 Å². The van der Waals surface area contributed by atoms with Gasteiger partial charge in [0, 0.05) is 0 Å². The van der Waals surface area contributed by atoms with E-state index in [1.165, 1.54) is 38.9 Å². The van der Waals surface area contributed by atoms with Gasteiger partial charge in [-0.1, -0.05) is 0 Å². The van der Waals surface area contributed by atoms with E-state index >= 15 is 0 Å². The number of hydrogen-bond donors (Lipinski definition) is 0. The monoisotopic (exact) mass is 690 g/mol. The van der Waals surface area contributed by atoms with E-state index in [4.69, 9.17) is 0 Å². The number of benzene rings is 3. The minimum absolute atomic E-state index is 0. The summed E-state index contributed by atoms with van der Waals surface area (Å²) < 4.78 is 5.15. The maximum Gasteiger partial charge on any atom is -1.00 e. The fraction of sp³-hybridized carbons (Fsp3) is 0.425. The summed E-state index contributed by atoms with van der Waals surface area (Å²) in [5.74, 6) is 1.07. The van der Waals surface area contributed by atoms with Crippen LogP contribution in [0.1, 0.15) is 110 Å². The summed E-state index contributed by atoms with van der Waals surface area (Å²) >= 11 is -2.59. The second-order valence-electron chi connectivity index (χ2n) is 15.1. The van der Waals surface area contributed by atoms with Gasteiger partial charge in [0.15, 0.2) is 0 Å². The first-order valence-electron chi connectivity index (χ1n) is 15.6. The summed E-state index contributed by atoms with van der Waals surface area (Å²) in [4.78, 5) is 0. The molecule has 0 aliphatic heterocycles. The number of rotatable bonds is 4. The van der Waals surface area contributed by atoms with Crippen molar-refractivity contribution in [1.82, 2.24) is 0 Å². The van der Waals surface area contributed by atoms with Gasteiger partial charge >= 0.3 is 260 Å². The Hall–Kier alpha value is -1.53. The van der Waals surface area contributed by atoms with Crippen LogP contribution in [0.25, 0.3) is 11.1 Å². The Morgan fingerprint density at radius 1 is 0.791 bits per heavy atom. The van der Waals surface area contributed by atoms with Crippen molar-refractivity contribution < 1.29 is 46.1 Å². The Bertz CT molecular complexity index is 1620. The molecule has 0 fully saturated rings. The molecular formula is C40H50Cl2Zr. The standard InChI is InChI=1S/C21H25.C10H15.C9H10.2ClH.Zr/c1-20(2,3)16-9-7-14-11-15-8-10-17(21(4,5)6)13-19(15)18(14)12-16;1-7(2)10-6-8(3)5-9(10)4;1-3-9-6-4-8(2)5-7-9;;;/h7,9-10,12-13H,11H2,1-6H3;6-8H,1-4H3;4-7H,1-2H3;2*1H;/q;;;;;+2/p-2. The minimum Gasteiger partial charge on any atom is -1.00 e. The molecule has 2 aliphatic rings. The molecule has 228 valence electrons. The maximum atomic E-state index is 2.67. The van der Waals surface area contributed by atoms with Gasteiger partial charge in [0.25, 0.3) is 0 Å². The molecule has 1 unspecified atom stereocenters. The van der Waals surface area contributed by atoms with Gasteiger partial charge in [-0.25, -0.2) is 0 Å². The average Bonchev–Trinajstić information content (AvgIpc) is 3.40. The first kappa shape index (κ1) is 35.9. The zero-order chi connectivity index (χ0) is 30.0. The molecule has 0 heterocycles. The summed E-state index contributed by atoms with van der Waals surface area (Å²) in [7, 11) is 0. The minimum atomic E-state index is -2.59. The molecule has 0 saturated heterocycles. The predicted octanol–water partition coefficient (Wildman–Crippen LogP) is 4.16. The summed E-state index contributed by atoms with van der Waals surface area (Å²) in [6, 6.07) is 21.9. The van der Waals surface area contributed by atoms with Gasteiger partial charge < -0.3 is 24.8 Å². The Balaban J connectivity index is 0.00000253. The quantitative estimate of drug-likeness (QED) is 0.302. The van der Waals surface area contributed by atoms with Crippen LogP contribution in [0.3, 0.4) is 0 Å². The molecule has 1 atom stereocenters. The topological polar surface area (TPSA) is 0 Å². The van der Waals surface area contributed by atoms with Crippen LogP contribution in [0.2, 0.25) is 0 Å². The normalized spacial score (nSPS) is 16.3. The molecule has 3 heteroatoms. The molecule has 0 saturated carbocycles. The molecule has 0 spiro atoms. The number of hydrogen-bond acceptors (Lipinski definition) is 0. The second-order valence-corrected chi connectivity index (χ2v) is 21.4. The van der Waals surface area contributed by atoms with Crippen molar-refractivity contribution in [1.29, 1.82) is 0 Å². The predicted molar refractivity (Wildman–Crippen MR) is 177 cm³/mol. The molecule has 3 aromatic rings. The van der Waals surface area contributed by atoms with Crippen molar-refractivity contribution in [2.75, 3.05) is 0 Å². The number of allylic oxidation sites excluding steroid dienone is 4. The van der Waals surface area contributed by atoms with Gasteiger partial charge in [0.2, 0.25) is 0 Å². The van der Waals surface area contributed by atoms with Crippen molar-refractivity contribution in [3.8, 4) is 11.1 Å². The maximum absolute atomic E-state index is 2.67. The van der Waals surface area contributed by atoms with E-state index in [-0.39, 0.29) is 35.6 Å². The van der Waals surface area contributed by atoms with Crippen LogP contribution in [0.5, 0.6) is 0 Å². The summed E-state index contributed by atoms with van der Waals surface area (Å²) in [6.07, 6.45) is 3.65. The van der Waals surface area contributed by atoms with Crippen molar-refractivity contribution in [2.24, 2.45) is 11.8 Å². The third-order valence-electron chi connectivity index (χ3n) is 9.49. The fourth-order valence-corrected chi connectivity index (χ4v) is 15.4. The van der Waals surface area contributed by atoms with Gasteiger partial charge in [-0.15, -0.1) is 0 Å². The van der Waals surface area contributed by atoms with Crippen molar-refractivity contribution >= 4 is 6.48 Å². The molecule has 0 nitrogen and oxygen atoms in total. The van der Waals surface area contributed by atoms with Crippen LogP contribution in [0.4, 0.5) is 0 Å². The zero-order valence-corrected chi connectivity index (χ0v) is 32.4. The first-order chi connectivity index (χ1) is 19.1. The Kier molecular flexibility index (Phi) is 10.9. The van der Waals surface area contributed by atoms with Gasteiger partial charge in [0.05, 0.1) is 0 Å². The van der Waals surface area contributed by atoms with Crippen LogP contribution < -0.4 is 28.1 Å². The van der Waals surface area contributed by atoms with E-state index in [9.17, 15) is 0 Å². The molecule has 0 bridgehead atoms. The SMILES string of the molecule is CC1=[C](/[Zr+2](=[C](\C)c2ccc(C)cc2)[c]2cc(C(C)(C)C)cc3c2Cc2ccc(C(C)(C)C)cc2-3)C(C)C=C1C(C)C.[Cl-].[Cl-]. The van der Waals surface area contributed by atoms with Gasteiger partial charge in [0.1, 0.15) is 0 Å². The Morgan fingerprint density at radius 2 is 1.37 bits per heavy atom. The third kappa shape index (κ3) is 6.86. The van der Waals surface area contributed by atoms with Crippen LogP contribution in [-0.4, -0.2) is 3.21 Å². The molecule has 3 aromatic carbocycles. The molecule has 0 amide bonds. The van der Waals surface area contributed by atoms with Crippen molar-refractivity contribution in [3.63, 3.8) is 0 Å². The zero-order valence-electron chi connectivity index (χ0n) is 28.4. The number of fused-ring (bicyclic) bond motifs is 3. The molecular weight excluding hydrogens is 643 g/mol. The van der Waals surface area contributed by atoms with Crippen LogP contribution in [-0.2, 0) is 38.5 Å².